The highest BCUT2D eigenvalue weighted by Crippen LogP contribution is 2.37. The third-order valence-electron chi connectivity index (χ3n) is 2.89. The van der Waals surface area contributed by atoms with Crippen LogP contribution in [0.1, 0.15) is 20.8 Å². The zero-order valence-electron chi connectivity index (χ0n) is 10.7. The second-order valence-electron chi connectivity index (χ2n) is 3.85. The van der Waals surface area contributed by atoms with Gasteiger partial charge in [0.05, 0.1) is 0 Å². The summed E-state index contributed by atoms with van der Waals surface area (Å²) in [6.07, 6.45) is 0. The van der Waals surface area contributed by atoms with Crippen molar-refractivity contribution in [2.24, 2.45) is 0 Å². The molecule has 0 radical (unpaired) electrons. The molecule has 1 heterocycles. The van der Waals surface area contributed by atoms with Crippen molar-refractivity contribution in [2.75, 3.05) is 23.7 Å². The third kappa shape index (κ3) is 2.29. The predicted molar refractivity (Wildman–Crippen MR) is 76.2 cm³/mol. The van der Waals surface area contributed by atoms with Gasteiger partial charge in [-0.3, -0.25) is 0 Å². The second-order valence-corrected chi connectivity index (χ2v) is 5.08. The number of benzene rings is 1. The van der Waals surface area contributed by atoms with Crippen molar-refractivity contribution in [3.63, 3.8) is 0 Å². The van der Waals surface area contributed by atoms with E-state index in [4.69, 9.17) is 4.42 Å². The first-order chi connectivity index (χ1) is 8.31. The molecule has 0 saturated heterocycles. The molecule has 2 aromatic rings. The molecule has 0 aliphatic carbocycles. The van der Waals surface area contributed by atoms with E-state index in [-0.39, 0.29) is 0 Å². The highest BCUT2D eigenvalue weighted by Gasteiger charge is 2.16. The van der Waals surface area contributed by atoms with Gasteiger partial charge in [0, 0.05) is 23.9 Å². The standard InChI is InChI=1S/C14H19NOS/c1-4-15(5-2)13-11-9-7-8-10-12(11)14(16-13)17-6-3/h7-10H,4-6H2,1-3H3. The first-order valence-corrected chi connectivity index (χ1v) is 7.19. The molecule has 3 heteroatoms. The maximum atomic E-state index is 6.04. The van der Waals surface area contributed by atoms with Crippen molar-refractivity contribution >= 4 is 28.4 Å². The molecule has 0 spiro atoms. The molecule has 1 aromatic carbocycles. The summed E-state index contributed by atoms with van der Waals surface area (Å²) >= 11 is 1.77. The van der Waals surface area contributed by atoms with Crippen molar-refractivity contribution < 1.29 is 4.42 Å². The van der Waals surface area contributed by atoms with Gasteiger partial charge in [0.25, 0.3) is 0 Å². The lowest BCUT2D eigenvalue weighted by Gasteiger charge is -2.17. The molecule has 0 fully saturated rings. The first kappa shape index (κ1) is 12.4. The molecule has 0 aliphatic rings. The van der Waals surface area contributed by atoms with Gasteiger partial charge in [-0.25, -0.2) is 0 Å². The topological polar surface area (TPSA) is 16.4 Å². The number of fused-ring (bicyclic) bond motifs is 1. The maximum absolute atomic E-state index is 6.04. The molecular weight excluding hydrogens is 230 g/mol. The number of furan rings is 1. The van der Waals surface area contributed by atoms with E-state index in [1.165, 1.54) is 10.8 Å². The summed E-state index contributed by atoms with van der Waals surface area (Å²) in [5.41, 5.74) is 0. The smallest absolute Gasteiger partial charge is 0.204 e. The van der Waals surface area contributed by atoms with Crippen molar-refractivity contribution in [2.45, 2.75) is 25.9 Å². The summed E-state index contributed by atoms with van der Waals surface area (Å²) in [6, 6.07) is 8.44. The molecule has 0 amide bonds. The van der Waals surface area contributed by atoms with Crippen LogP contribution in [-0.2, 0) is 0 Å². The van der Waals surface area contributed by atoms with Crippen LogP contribution in [0.15, 0.2) is 33.8 Å². The van der Waals surface area contributed by atoms with Gasteiger partial charge in [0.2, 0.25) is 5.88 Å². The average Bonchev–Trinajstić information content (AvgIpc) is 2.72. The molecular formula is C14H19NOS. The number of hydrogen-bond acceptors (Lipinski definition) is 3. The van der Waals surface area contributed by atoms with E-state index < -0.39 is 0 Å². The lowest BCUT2D eigenvalue weighted by molar-refractivity contribution is 0.475. The molecule has 0 atom stereocenters. The SMILES string of the molecule is CCSc1oc(N(CC)CC)c2ccccc12. The van der Waals surface area contributed by atoms with Gasteiger partial charge in [0.15, 0.2) is 5.09 Å². The first-order valence-electron chi connectivity index (χ1n) is 6.21. The normalized spacial score (nSPS) is 11.0. The summed E-state index contributed by atoms with van der Waals surface area (Å²) in [7, 11) is 0. The van der Waals surface area contributed by atoms with Crippen LogP contribution >= 0.6 is 11.8 Å². The van der Waals surface area contributed by atoms with Crippen LogP contribution in [-0.4, -0.2) is 18.8 Å². The monoisotopic (exact) mass is 249 g/mol. The van der Waals surface area contributed by atoms with Gasteiger partial charge in [0.1, 0.15) is 0 Å². The zero-order valence-corrected chi connectivity index (χ0v) is 11.5. The molecule has 92 valence electrons. The van der Waals surface area contributed by atoms with Gasteiger partial charge >= 0.3 is 0 Å². The summed E-state index contributed by atoms with van der Waals surface area (Å²) in [6.45, 7) is 8.42. The Morgan fingerprint density at radius 1 is 1.06 bits per heavy atom. The van der Waals surface area contributed by atoms with E-state index in [2.05, 4.69) is 49.9 Å². The highest BCUT2D eigenvalue weighted by atomic mass is 32.2. The van der Waals surface area contributed by atoms with Gasteiger partial charge in [-0.05, 0) is 31.7 Å². The number of hydrogen-bond donors (Lipinski definition) is 0. The van der Waals surface area contributed by atoms with Crippen LogP contribution < -0.4 is 4.90 Å². The van der Waals surface area contributed by atoms with Gasteiger partial charge in [-0.15, -0.1) is 0 Å². The van der Waals surface area contributed by atoms with Crippen molar-refractivity contribution in [1.82, 2.24) is 0 Å². The molecule has 0 bridgehead atoms. The van der Waals surface area contributed by atoms with E-state index in [1.807, 2.05) is 0 Å². The fourth-order valence-corrected chi connectivity index (χ4v) is 2.76. The molecule has 2 nitrogen and oxygen atoms in total. The minimum absolute atomic E-state index is 0.976. The quantitative estimate of drug-likeness (QED) is 0.731. The fourth-order valence-electron chi connectivity index (χ4n) is 2.03. The number of nitrogens with zero attached hydrogens (tertiary/aromatic N) is 1. The van der Waals surface area contributed by atoms with Gasteiger partial charge < -0.3 is 9.32 Å². The van der Waals surface area contributed by atoms with Crippen LogP contribution in [0.5, 0.6) is 0 Å². The van der Waals surface area contributed by atoms with Crippen LogP contribution in [0.25, 0.3) is 10.8 Å². The molecule has 0 saturated carbocycles. The summed E-state index contributed by atoms with van der Waals surface area (Å²) in [5, 5.41) is 3.51. The molecule has 0 unspecified atom stereocenters. The van der Waals surface area contributed by atoms with Crippen molar-refractivity contribution in [3.8, 4) is 0 Å². The van der Waals surface area contributed by atoms with Gasteiger partial charge in [-0.1, -0.05) is 30.8 Å². The average molecular weight is 249 g/mol. The summed E-state index contributed by atoms with van der Waals surface area (Å²) in [5.74, 6) is 2.05. The Labute approximate surface area is 107 Å². The lowest BCUT2D eigenvalue weighted by atomic mass is 10.2. The zero-order chi connectivity index (χ0) is 12.3. The Balaban J connectivity index is 2.55. The third-order valence-corrected chi connectivity index (χ3v) is 3.75. The summed E-state index contributed by atoms with van der Waals surface area (Å²) < 4.78 is 6.04. The van der Waals surface area contributed by atoms with E-state index in [0.29, 0.717) is 0 Å². The number of anilines is 1. The lowest BCUT2D eigenvalue weighted by Crippen LogP contribution is -2.21. The van der Waals surface area contributed by atoms with Crippen LogP contribution in [0.2, 0.25) is 0 Å². The number of thioether (sulfide) groups is 1. The second kappa shape index (κ2) is 5.50. The van der Waals surface area contributed by atoms with Crippen LogP contribution in [0, 0.1) is 0 Å². The highest BCUT2D eigenvalue weighted by molar-refractivity contribution is 7.99. The molecule has 2 rings (SSSR count). The largest absolute Gasteiger partial charge is 0.433 e. The Hall–Kier alpha value is -1.09. The Kier molecular flexibility index (Phi) is 4.00. The van der Waals surface area contributed by atoms with Crippen LogP contribution in [0.4, 0.5) is 5.88 Å². The maximum Gasteiger partial charge on any atom is 0.204 e. The van der Waals surface area contributed by atoms with E-state index in [9.17, 15) is 0 Å². The summed E-state index contributed by atoms with van der Waals surface area (Å²) in [4.78, 5) is 2.27. The van der Waals surface area contributed by atoms with E-state index >= 15 is 0 Å². The molecule has 0 aliphatic heterocycles. The molecule has 0 N–H and O–H groups in total. The van der Waals surface area contributed by atoms with Crippen molar-refractivity contribution in [3.05, 3.63) is 24.3 Å². The predicted octanol–water partition coefficient (Wildman–Crippen LogP) is 4.39. The minimum atomic E-state index is 0.976. The Morgan fingerprint density at radius 3 is 2.29 bits per heavy atom. The Morgan fingerprint density at radius 2 is 1.71 bits per heavy atom. The molecule has 1 aromatic heterocycles. The van der Waals surface area contributed by atoms with Crippen LogP contribution in [0.3, 0.4) is 0 Å². The van der Waals surface area contributed by atoms with E-state index in [1.54, 1.807) is 11.8 Å². The van der Waals surface area contributed by atoms with Crippen molar-refractivity contribution in [1.29, 1.82) is 0 Å². The van der Waals surface area contributed by atoms with Gasteiger partial charge in [-0.2, -0.15) is 0 Å². The molecule has 17 heavy (non-hydrogen) atoms. The fraction of sp³-hybridized carbons (Fsp3) is 0.429. The number of rotatable bonds is 5. The minimum Gasteiger partial charge on any atom is -0.433 e. The Bertz CT molecular complexity index is 488. The van der Waals surface area contributed by atoms with E-state index in [0.717, 1.165) is 29.8 Å².